The van der Waals surface area contributed by atoms with Gasteiger partial charge in [-0.3, -0.25) is 9.48 Å². The number of carbonyl (C=O) groups is 1. The number of fused-ring (bicyclic) bond motifs is 3. The van der Waals surface area contributed by atoms with Crippen LogP contribution in [0.3, 0.4) is 0 Å². The van der Waals surface area contributed by atoms with E-state index in [-0.39, 0.29) is 5.91 Å². The van der Waals surface area contributed by atoms with E-state index in [9.17, 15) is 4.79 Å². The summed E-state index contributed by atoms with van der Waals surface area (Å²) in [6.07, 6.45) is 3.89. The van der Waals surface area contributed by atoms with Crippen molar-refractivity contribution in [2.75, 3.05) is 5.32 Å². The second kappa shape index (κ2) is 6.86. The molecule has 1 fully saturated rings. The zero-order valence-electron chi connectivity index (χ0n) is 17.7. The summed E-state index contributed by atoms with van der Waals surface area (Å²) >= 11 is 0. The highest BCUT2D eigenvalue weighted by molar-refractivity contribution is 6.10. The van der Waals surface area contributed by atoms with Gasteiger partial charge < -0.3 is 19.8 Å². The Morgan fingerprint density at radius 3 is 2.70 bits per heavy atom. The standard InChI is InChI=1S/C21H26N8O/c1-5-28-15(21(30)23-13-7-8-13)10-14-18-17(22-11-27(18)4)19(25-20(14)28)24-16-9-12(3)29(6-2)26-16/h9-11,13H,5-8H2,1-4H3,(H,23,30)(H,24,25,26). The lowest BCUT2D eigenvalue weighted by atomic mass is 10.2. The highest BCUT2D eigenvalue weighted by atomic mass is 16.2. The molecule has 0 aliphatic heterocycles. The maximum atomic E-state index is 12.8. The predicted molar refractivity (Wildman–Crippen MR) is 116 cm³/mol. The molecule has 1 aliphatic rings. The van der Waals surface area contributed by atoms with Crippen LogP contribution in [0.5, 0.6) is 0 Å². The fourth-order valence-electron chi connectivity index (χ4n) is 4.01. The molecule has 9 nitrogen and oxygen atoms in total. The second-order valence-electron chi connectivity index (χ2n) is 7.88. The average Bonchev–Trinajstić information content (AvgIpc) is 3.17. The van der Waals surface area contributed by atoms with Crippen LogP contribution in [0.4, 0.5) is 11.6 Å². The van der Waals surface area contributed by atoms with E-state index in [1.807, 2.05) is 46.8 Å². The van der Waals surface area contributed by atoms with Gasteiger partial charge in [0, 0.05) is 43.3 Å². The molecule has 0 spiro atoms. The molecule has 1 amide bonds. The monoisotopic (exact) mass is 406 g/mol. The van der Waals surface area contributed by atoms with Gasteiger partial charge in [0.2, 0.25) is 0 Å². The minimum atomic E-state index is -0.0421. The molecule has 0 saturated heterocycles. The van der Waals surface area contributed by atoms with E-state index in [0.717, 1.165) is 53.0 Å². The van der Waals surface area contributed by atoms with E-state index >= 15 is 0 Å². The van der Waals surface area contributed by atoms with Gasteiger partial charge in [0.05, 0.1) is 11.8 Å². The lowest BCUT2D eigenvalue weighted by Gasteiger charge is -2.09. The van der Waals surface area contributed by atoms with Crippen molar-refractivity contribution >= 4 is 39.6 Å². The Morgan fingerprint density at radius 1 is 1.23 bits per heavy atom. The highest BCUT2D eigenvalue weighted by Gasteiger charge is 2.27. The number of hydrogen-bond donors (Lipinski definition) is 2. The number of pyridine rings is 1. The van der Waals surface area contributed by atoms with E-state index in [4.69, 9.17) is 4.98 Å². The first-order chi connectivity index (χ1) is 14.5. The van der Waals surface area contributed by atoms with Gasteiger partial charge in [0.15, 0.2) is 11.6 Å². The van der Waals surface area contributed by atoms with Gasteiger partial charge in [-0.2, -0.15) is 5.10 Å². The summed E-state index contributed by atoms with van der Waals surface area (Å²) in [5.41, 5.74) is 4.19. The van der Waals surface area contributed by atoms with Crippen molar-refractivity contribution in [1.29, 1.82) is 0 Å². The van der Waals surface area contributed by atoms with Crippen LogP contribution >= 0.6 is 0 Å². The number of aromatic nitrogens is 6. The first-order valence-corrected chi connectivity index (χ1v) is 10.5. The van der Waals surface area contributed by atoms with Gasteiger partial charge in [0.1, 0.15) is 16.9 Å². The molecule has 2 N–H and O–H groups in total. The van der Waals surface area contributed by atoms with Gasteiger partial charge in [-0.05, 0) is 39.7 Å². The summed E-state index contributed by atoms with van der Waals surface area (Å²) < 4.78 is 5.88. The molecule has 0 aromatic carbocycles. The third kappa shape index (κ3) is 2.92. The molecule has 4 heterocycles. The molecular formula is C21H26N8O. The summed E-state index contributed by atoms with van der Waals surface area (Å²) in [6.45, 7) is 7.57. The Hall–Kier alpha value is -3.36. The molecule has 0 bridgehead atoms. The van der Waals surface area contributed by atoms with E-state index in [1.165, 1.54) is 0 Å². The first kappa shape index (κ1) is 18.7. The number of imidazole rings is 1. The van der Waals surface area contributed by atoms with E-state index in [1.54, 1.807) is 6.33 Å². The zero-order chi connectivity index (χ0) is 21.0. The van der Waals surface area contributed by atoms with Crippen molar-refractivity contribution in [2.45, 2.75) is 52.7 Å². The molecule has 0 atom stereocenters. The molecule has 0 radical (unpaired) electrons. The lowest BCUT2D eigenvalue weighted by molar-refractivity contribution is 0.0942. The van der Waals surface area contributed by atoms with Gasteiger partial charge >= 0.3 is 0 Å². The van der Waals surface area contributed by atoms with Crippen molar-refractivity contribution in [2.24, 2.45) is 7.05 Å². The van der Waals surface area contributed by atoms with Crippen LogP contribution in [0.1, 0.15) is 42.9 Å². The van der Waals surface area contributed by atoms with Crippen LogP contribution in [0.15, 0.2) is 18.5 Å². The third-order valence-corrected chi connectivity index (χ3v) is 5.69. The minimum Gasteiger partial charge on any atom is -0.348 e. The van der Waals surface area contributed by atoms with E-state index < -0.39 is 0 Å². The predicted octanol–water partition coefficient (Wildman–Crippen LogP) is 3.10. The van der Waals surface area contributed by atoms with Crippen LogP contribution in [-0.4, -0.2) is 40.8 Å². The maximum absolute atomic E-state index is 12.8. The molecule has 9 heteroatoms. The quantitative estimate of drug-likeness (QED) is 0.513. The van der Waals surface area contributed by atoms with Gasteiger partial charge in [0.25, 0.3) is 5.91 Å². The molecule has 4 aromatic heterocycles. The summed E-state index contributed by atoms with van der Waals surface area (Å²) in [5.74, 6) is 1.33. The first-order valence-electron chi connectivity index (χ1n) is 10.5. The van der Waals surface area contributed by atoms with Crippen molar-refractivity contribution in [3.8, 4) is 0 Å². The lowest BCUT2D eigenvalue weighted by Crippen LogP contribution is -2.27. The van der Waals surface area contributed by atoms with Crippen LogP contribution in [0, 0.1) is 6.92 Å². The molecule has 30 heavy (non-hydrogen) atoms. The average molecular weight is 406 g/mol. The number of nitrogens with zero attached hydrogens (tertiary/aromatic N) is 6. The second-order valence-corrected chi connectivity index (χ2v) is 7.88. The van der Waals surface area contributed by atoms with Crippen LogP contribution < -0.4 is 10.6 Å². The molecule has 1 saturated carbocycles. The Bertz CT molecular complexity index is 1270. The fraction of sp³-hybridized carbons (Fsp3) is 0.429. The topological polar surface area (TPSA) is 94.6 Å². The molecule has 156 valence electrons. The highest BCUT2D eigenvalue weighted by Crippen LogP contribution is 2.32. The normalized spacial score (nSPS) is 14.0. The minimum absolute atomic E-state index is 0.0421. The van der Waals surface area contributed by atoms with Gasteiger partial charge in [-0.15, -0.1) is 0 Å². The van der Waals surface area contributed by atoms with Crippen molar-refractivity contribution in [3.05, 3.63) is 29.8 Å². The van der Waals surface area contributed by atoms with Gasteiger partial charge in [-0.25, -0.2) is 9.97 Å². The van der Waals surface area contributed by atoms with Crippen LogP contribution in [0.25, 0.3) is 22.1 Å². The summed E-state index contributed by atoms with van der Waals surface area (Å²) in [7, 11) is 1.96. The number of aryl methyl sites for hydroxylation is 4. The number of carbonyl (C=O) groups excluding carboxylic acids is 1. The molecule has 1 aliphatic carbocycles. The Labute approximate surface area is 174 Å². The van der Waals surface area contributed by atoms with Crippen molar-refractivity contribution in [1.82, 2.24) is 34.2 Å². The molecule has 0 unspecified atom stereocenters. The molecule has 5 rings (SSSR count). The zero-order valence-corrected chi connectivity index (χ0v) is 17.7. The number of nitrogens with one attached hydrogen (secondary N) is 2. The van der Waals surface area contributed by atoms with Crippen LogP contribution in [-0.2, 0) is 20.1 Å². The molecule has 4 aromatic rings. The van der Waals surface area contributed by atoms with Crippen molar-refractivity contribution in [3.63, 3.8) is 0 Å². The van der Waals surface area contributed by atoms with E-state index in [0.29, 0.717) is 24.1 Å². The van der Waals surface area contributed by atoms with Crippen molar-refractivity contribution < 1.29 is 4.79 Å². The maximum Gasteiger partial charge on any atom is 0.268 e. The Morgan fingerprint density at radius 2 is 2.03 bits per heavy atom. The molecular weight excluding hydrogens is 380 g/mol. The number of anilines is 2. The summed E-state index contributed by atoms with van der Waals surface area (Å²) in [4.78, 5) is 22.3. The summed E-state index contributed by atoms with van der Waals surface area (Å²) in [6, 6.07) is 4.24. The number of amides is 1. The fourth-order valence-corrected chi connectivity index (χ4v) is 4.01. The van der Waals surface area contributed by atoms with Gasteiger partial charge in [-0.1, -0.05) is 0 Å². The number of rotatable bonds is 6. The Balaban J connectivity index is 1.67. The number of hydrogen-bond acceptors (Lipinski definition) is 5. The SMILES string of the molecule is CCn1nc(Nc2nc3c(cc(C(=O)NC4CC4)n3CC)c3c2ncn3C)cc1C. The third-order valence-electron chi connectivity index (χ3n) is 5.69. The largest absolute Gasteiger partial charge is 0.348 e. The van der Waals surface area contributed by atoms with E-state index in [2.05, 4.69) is 27.6 Å². The smallest absolute Gasteiger partial charge is 0.268 e. The Kier molecular flexibility index (Phi) is 4.27. The summed E-state index contributed by atoms with van der Waals surface area (Å²) in [5, 5.41) is 12.0. The van der Waals surface area contributed by atoms with Crippen LogP contribution in [0.2, 0.25) is 0 Å².